The number of benzene rings is 3. The van der Waals surface area contributed by atoms with Crippen LogP contribution in [-0.2, 0) is 4.79 Å². The van der Waals surface area contributed by atoms with E-state index < -0.39 is 5.37 Å². The van der Waals surface area contributed by atoms with Gasteiger partial charge in [-0.05, 0) is 41.4 Å². The number of carbonyl (C=O) groups is 2. The molecule has 4 nitrogen and oxygen atoms in total. The summed E-state index contributed by atoms with van der Waals surface area (Å²) < 4.78 is 0. The molecule has 1 fully saturated rings. The molecule has 1 aliphatic rings. The van der Waals surface area contributed by atoms with Gasteiger partial charge in [0.25, 0.3) is 11.1 Å². The molecule has 0 aliphatic carbocycles. The zero-order valence-corrected chi connectivity index (χ0v) is 15.6. The monoisotopic (exact) mass is 402 g/mol. The minimum atomic E-state index is -0.723. The second kappa shape index (κ2) is 6.83. The summed E-state index contributed by atoms with van der Waals surface area (Å²) in [5.74, 6) is -0.317. The first kappa shape index (κ1) is 17.2. The number of imide groups is 1. The molecule has 0 saturated carbocycles. The Morgan fingerprint density at radius 3 is 2.50 bits per heavy atom. The predicted molar refractivity (Wildman–Crippen MR) is 108 cm³/mol. The van der Waals surface area contributed by atoms with Crippen LogP contribution in [0.2, 0.25) is 10.0 Å². The number of nitrogens with zero attached hydrogens (tertiary/aromatic N) is 1. The van der Waals surface area contributed by atoms with Crippen LogP contribution < -0.4 is 10.2 Å². The summed E-state index contributed by atoms with van der Waals surface area (Å²) in [7, 11) is 0. The molecule has 1 heterocycles. The van der Waals surface area contributed by atoms with Gasteiger partial charge in [-0.1, -0.05) is 59.6 Å². The van der Waals surface area contributed by atoms with Gasteiger partial charge in [-0.25, -0.2) is 4.90 Å². The first-order chi connectivity index (χ1) is 12.5. The van der Waals surface area contributed by atoms with Crippen LogP contribution >= 0.6 is 35.0 Å². The van der Waals surface area contributed by atoms with Crippen LogP contribution in [0.3, 0.4) is 0 Å². The highest BCUT2D eigenvalue weighted by atomic mass is 35.5. The molecule has 26 heavy (non-hydrogen) atoms. The molecule has 0 spiro atoms. The Bertz CT molecular complexity index is 1040. The third-order valence-electron chi connectivity index (χ3n) is 4.07. The minimum absolute atomic E-state index is 0.316. The third-order valence-corrected chi connectivity index (χ3v) is 5.75. The molecule has 0 bridgehead atoms. The van der Waals surface area contributed by atoms with Crippen molar-refractivity contribution in [1.29, 1.82) is 0 Å². The second-order valence-corrected chi connectivity index (χ2v) is 7.58. The highest BCUT2D eigenvalue weighted by Gasteiger charge is 2.41. The van der Waals surface area contributed by atoms with Crippen molar-refractivity contribution in [3.05, 3.63) is 70.7 Å². The van der Waals surface area contributed by atoms with Crippen molar-refractivity contribution in [3.8, 4) is 0 Å². The molecule has 2 amide bonds. The zero-order chi connectivity index (χ0) is 18.3. The number of hydrogen-bond acceptors (Lipinski definition) is 4. The van der Waals surface area contributed by atoms with Crippen molar-refractivity contribution in [2.45, 2.75) is 5.37 Å². The molecule has 1 atom stereocenters. The number of anilines is 2. The Labute approximate surface area is 164 Å². The lowest BCUT2D eigenvalue weighted by molar-refractivity contribution is -0.116. The first-order valence-electron chi connectivity index (χ1n) is 7.78. The van der Waals surface area contributed by atoms with Gasteiger partial charge in [0.2, 0.25) is 0 Å². The molecule has 3 aromatic carbocycles. The maximum Gasteiger partial charge on any atom is 0.295 e. The fraction of sp³-hybridized carbons (Fsp3) is 0.0526. The van der Waals surface area contributed by atoms with Crippen LogP contribution in [0.1, 0.15) is 0 Å². The second-order valence-electron chi connectivity index (χ2n) is 5.71. The van der Waals surface area contributed by atoms with Gasteiger partial charge in [0, 0.05) is 11.1 Å². The van der Waals surface area contributed by atoms with Crippen molar-refractivity contribution in [1.82, 2.24) is 0 Å². The molecule has 0 aromatic heterocycles. The Morgan fingerprint density at radius 1 is 0.923 bits per heavy atom. The molecule has 1 unspecified atom stereocenters. The number of thioether (sulfide) groups is 1. The Balaban J connectivity index is 1.66. The van der Waals surface area contributed by atoms with Gasteiger partial charge < -0.3 is 5.32 Å². The normalized spacial score (nSPS) is 17.2. The number of rotatable bonds is 3. The summed E-state index contributed by atoms with van der Waals surface area (Å²) in [6, 6.07) is 18.2. The summed E-state index contributed by atoms with van der Waals surface area (Å²) >= 11 is 12.9. The smallest absolute Gasteiger partial charge is 0.295 e. The summed E-state index contributed by atoms with van der Waals surface area (Å²) in [4.78, 5) is 26.6. The molecule has 0 radical (unpaired) electrons. The summed E-state index contributed by atoms with van der Waals surface area (Å²) in [6.45, 7) is 0. The lowest BCUT2D eigenvalue weighted by atomic mass is 10.1. The fourth-order valence-corrected chi connectivity index (χ4v) is 4.05. The van der Waals surface area contributed by atoms with Crippen molar-refractivity contribution < 1.29 is 9.59 Å². The van der Waals surface area contributed by atoms with E-state index in [1.807, 2.05) is 36.4 Å². The molecule has 1 saturated heterocycles. The summed E-state index contributed by atoms with van der Waals surface area (Å²) in [6.07, 6.45) is 0. The predicted octanol–water partition coefficient (Wildman–Crippen LogP) is 5.78. The molecule has 7 heteroatoms. The van der Waals surface area contributed by atoms with Gasteiger partial charge in [0.15, 0.2) is 5.37 Å². The maximum absolute atomic E-state index is 12.9. The molecular formula is C19H12Cl2N2O2S. The van der Waals surface area contributed by atoms with Crippen molar-refractivity contribution in [2.75, 3.05) is 10.2 Å². The van der Waals surface area contributed by atoms with Gasteiger partial charge in [0.1, 0.15) is 0 Å². The van der Waals surface area contributed by atoms with Crippen molar-refractivity contribution in [2.24, 2.45) is 0 Å². The van der Waals surface area contributed by atoms with Crippen LogP contribution in [0.25, 0.3) is 10.8 Å². The quantitative estimate of drug-likeness (QED) is 0.602. The SMILES string of the molecule is O=C1SC(Nc2ccc(Cl)c(Cl)c2)C(=O)N1c1cccc2ccccc12. The zero-order valence-electron chi connectivity index (χ0n) is 13.3. The van der Waals surface area contributed by atoms with Gasteiger partial charge >= 0.3 is 0 Å². The van der Waals surface area contributed by atoms with Crippen LogP contribution in [-0.4, -0.2) is 16.5 Å². The van der Waals surface area contributed by atoms with E-state index in [0.717, 1.165) is 22.5 Å². The van der Waals surface area contributed by atoms with E-state index in [1.54, 1.807) is 24.3 Å². The van der Waals surface area contributed by atoms with Gasteiger partial charge in [-0.2, -0.15) is 0 Å². The van der Waals surface area contributed by atoms with Crippen LogP contribution in [0, 0.1) is 0 Å². The van der Waals surface area contributed by atoms with Gasteiger partial charge in [0.05, 0.1) is 15.7 Å². The average Bonchev–Trinajstić information content (AvgIpc) is 2.91. The number of halogens is 2. The standard InChI is InChI=1S/C19H12Cl2N2O2S/c20-14-9-8-12(10-15(14)21)22-17-18(24)23(19(25)26-17)16-7-3-5-11-4-1-2-6-13(11)16/h1-10,17,22H. The lowest BCUT2D eigenvalue weighted by Gasteiger charge is -2.17. The number of fused-ring (bicyclic) bond motifs is 1. The molecule has 4 rings (SSSR count). The highest BCUT2D eigenvalue weighted by molar-refractivity contribution is 8.16. The summed E-state index contributed by atoms with van der Waals surface area (Å²) in [5.41, 5.74) is 1.21. The third kappa shape index (κ3) is 3.03. The number of carbonyl (C=O) groups excluding carboxylic acids is 2. The number of nitrogens with one attached hydrogen (secondary N) is 1. The van der Waals surface area contributed by atoms with Crippen molar-refractivity contribution in [3.63, 3.8) is 0 Å². The Morgan fingerprint density at radius 2 is 1.69 bits per heavy atom. The van der Waals surface area contributed by atoms with E-state index in [0.29, 0.717) is 21.4 Å². The number of hydrogen-bond donors (Lipinski definition) is 1. The van der Waals surface area contributed by atoms with E-state index in [9.17, 15) is 9.59 Å². The Kier molecular flexibility index (Phi) is 4.53. The molecule has 130 valence electrons. The van der Waals surface area contributed by atoms with Gasteiger partial charge in [-0.3, -0.25) is 9.59 Å². The average molecular weight is 403 g/mol. The topological polar surface area (TPSA) is 49.4 Å². The molecule has 1 aliphatic heterocycles. The lowest BCUT2D eigenvalue weighted by Crippen LogP contribution is -2.34. The van der Waals surface area contributed by atoms with E-state index in [1.165, 1.54) is 4.90 Å². The summed E-state index contributed by atoms with van der Waals surface area (Å²) in [5, 5.41) is 4.63. The first-order valence-corrected chi connectivity index (χ1v) is 9.42. The van der Waals surface area contributed by atoms with Gasteiger partial charge in [-0.15, -0.1) is 0 Å². The molecule has 1 N–H and O–H groups in total. The van der Waals surface area contributed by atoms with Crippen LogP contribution in [0.5, 0.6) is 0 Å². The van der Waals surface area contributed by atoms with Crippen LogP contribution in [0.15, 0.2) is 60.7 Å². The molecular weight excluding hydrogens is 391 g/mol. The van der Waals surface area contributed by atoms with E-state index in [4.69, 9.17) is 23.2 Å². The number of amides is 2. The van der Waals surface area contributed by atoms with E-state index in [-0.39, 0.29) is 11.1 Å². The van der Waals surface area contributed by atoms with Crippen LogP contribution in [0.4, 0.5) is 16.2 Å². The molecule has 3 aromatic rings. The fourth-order valence-electron chi connectivity index (χ4n) is 2.86. The van der Waals surface area contributed by atoms with Crippen molar-refractivity contribution >= 4 is 68.3 Å². The van der Waals surface area contributed by atoms with E-state index >= 15 is 0 Å². The van der Waals surface area contributed by atoms with E-state index in [2.05, 4.69) is 5.32 Å². The minimum Gasteiger partial charge on any atom is -0.365 e. The maximum atomic E-state index is 12.9. The Hall–Kier alpha value is -2.21. The highest BCUT2D eigenvalue weighted by Crippen LogP contribution is 2.36. The largest absolute Gasteiger partial charge is 0.365 e.